The minimum absolute atomic E-state index is 0.121. The van der Waals surface area contributed by atoms with Gasteiger partial charge in [0.25, 0.3) is 0 Å². The van der Waals surface area contributed by atoms with E-state index in [9.17, 15) is 17.9 Å². The van der Waals surface area contributed by atoms with Crippen molar-refractivity contribution in [3.63, 3.8) is 0 Å². The van der Waals surface area contributed by atoms with Gasteiger partial charge in [-0.05, 0) is 36.0 Å². The predicted molar refractivity (Wildman–Crippen MR) is 117 cm³/mol. The number of anilines is 2. The van der Waals surface area contributed by atoms with Crippen LogP contribution in [0.1, 0.15) is 44.5 Å². The van der Waals surface area contributed by atoms with Crippen LogP contribution in [-0.4, -0.2) is 54.5 Å². The lowest BCUT2D eigenvalue weighted by Crippen LogP contribution is -2.27. The maximum atomic E-state index is 14.1. The largest absolute Gasteiger partial charge is 0.494 e. The minimum atomic E-state index is -3.60. The Balaban J connectivity index is 2.31. The molecule has 0 aliphatic rings. The molecule has 0 radical (unpaired) electrons. The molecule has 0 spiro atoms. The number of rotatable bonds is 11. The Morgan fingerprint density at radius 3 is 2.39 bits per heavy atom. The van der Waals surface area contributed by atoms with Gasteiger partial charge in [0.2, 0.25) is 21.9 Å². The number of aliphatic hydroxyl groups excluding tert-OH is 1. The minimum Gasteiger partial charge on any atom is -0.494 e. The number of nitrogens with zero attached hydrogens (tertiary/aromatic N) is 3. The Morgan fingerprint density at radius 2 is 1.84 bits per heavy atom. The molecule has 1 heterocycles. The van der Waals surface area contributed by atoms with Gasteiger partial charge in [0.05, 0.1) is 26.0 Å². The van der Waals surface area contributed by atoms with Crippen molar-refractivity contribution in [1.29, 1.82) is 0 Å². The molecule has 2 aromatic rings. The number of hydrogen-bond acceptors (Lipinski definition) is 8. The van der Waals surface area contributed by atoms with E-state index in [2.05, 4.69) is 25.0 Å². The van der Waals surface area contributed by atoms with Gasteiger partial charge in [-0.1, -0.05) is 26.8 Å². The molecule has 172 valence electrons. The van der Waals surface area contributed by atoms with Crippen LogP contribution in [0, 0.1) is 11.7 Å². The van der Waals surface area contributed by atoms with Crippen LogP contribution in [0.15, 0.2) is 18.2 Å². The zero-order chi connectivity index (χ0) is 23.2. The number of nitrogens with one attached hydrogen (secondary N) is 2. The van der Waals surface area contributed by atoms with Crippen molar-refractivity contribution in [2.45, 2.75) is 45.6 Å². The summed E-state index contributed by atoms with van der Waals surface area (Å²) in [6.45, 7) is 5.80. The molecule has 3 N–H and O–H groups in total. The third-order valence-electron chi connectivity index (χ3n) is 4.50. The Hall–Kier alpha value is -2.53. The molecule has 11 heteroatoms. The monoisotopic (exact) mass is 455 g/mol. The lowest BCUT2D eigenvalue weighted by atomic mass is 9.97. The average molecular weight is 456 g/mol. The summed E-state index contributed by atoms with van der Waals surface area (Å²) in [5, 5.41) is 12.7. The molecule has 1 aromatic heterocycles. The molecule has 9 nitrogen and oxygen atoms in total. The van der Waals surface area contributed by atoms with Crippen LogP contribution in [0.25, 0.3) is 0 Å². The second-order valence-corrected chi connectivity index (χ2v) is 9.67. The van der Waals surface area contributed by atoms with Crippen molar-refractivity contribution in [3.05, 3.63) is 35.4 Å². The Bertz CT molecular complexity index is 988. The molecule has 2 rings (SSSR count). The molecule has 0 amide bonds. The van der Waals surface area contributed by atoms with Crippen molar-refractivity contribution in [3.8, 4) is 5.75 Å². The zero-order valence-electron chi connectivity index (χ0n) is 18.4. The Kier molecular flexibility index (Phi) is 8.52. The van der Waals surface area contributed by atoms with Gasteiger partial charge < -0.3 is 15.2 Å². The lowest BCUT2D eigenvalue weighted by molar-refractivity contribution is 0.259. The number of ether oxygens (including phenoxy) is 1. The number of aromatic nitrogens is 3. The van der Waals surface area contributed by atoms with E-state index in [0.29, 0.717) is 24.6 Å². The van der Waals surface area contributed by atoms with Gasteiger partial charge in [0, 0.05) is 6.42 Å². The number of halogens is 1. The topological polar surface area (TPSA) is 126 Å². The van der Waals surface area contributed by atoms with Gasteiger partial charge in [-0.15, -0.1) is 0 Å². The number of benzene rings is 1. The SMILES string of the molecule is COc1ccc(C(C)Cc2nc(NC(CO)CC(C)C)nc(NS(C)(=O)=O)n2)cc1F. The summed E-state index contributed by atoms with van der Waals surface area (Å²) in [6, 6.07) is 4.40. The Morgan fingerprint density at radius 1 is 1.16 bits per heavy atom. The highest BCUT2D eigenvalue weighted by Gasteiger charge is 2.17. The first-order valence-electron chi connectivity index (χ1n) is 9.94. The van der Waals surface area contributed by atoms with Gasteiger partial charge in [-0.25, -0.2) is 12.8 Å². The van der Waals surface area contributed by atoms with E-state index in [1.165, 1.54) is 13.2 Å². The average Bonchev–Trinajstić information content (AvgIpc) is 2.65. The van der Waals surface area contributed by atoms with Gasteiger partial charge >= 0.3 is 0 Å². The maximum Gasteiger partial charge on any atom is 0.241 e. The molecule has 1 aromatic carbocycles. The summed E-state index contributed by atoms with van der Waals surface area (Å²) in [4.78, 5) is 12.7. The molecule has 31 heavy (non-hydrogen) atoms. The molecule has 0 fully saturated rings. The first kappa shape index (κ1) is 24.7. The lowest BCUT2D eigenvalue weighted by Gasteiger charge is -2.19. The van der Waals surface area contributed by atoms with Crippen LogP contribution < -0.4 is 14.8 Å². The first-order chi connectivity index (χ1) is 14.5. The molecular weight excluding hydrogens is 425 g/mol. The smallest absolute Gasteiger partial charge is 0.241 e. The highest BCUT2D eigenvalue weighted by molar-refractivity contribution is 7.91. The number of aliphatic hydroxyl groups is 1. The summed E-state index contributed by atoms with van der Waals surface area (Å²) in [6.07, 6.45) is 1.99. The fourth-order valence-electron chi connectivity index (χ4n) is 3.10. The normalized spacial score (nSPS) is 13.7. The van der Waals surface area contributed by atoms with Crippen molar-refractivity contribution < 1.29 is 22.7 Å². The summed E-state index contributed by atoms with van der Waals surface area (Å²) in [7, 11) is -2.20. The number of hydrogen-bond donors (Lipinski definition) is 3. The summed E-state index contributed by atoms with van der Waals surface area (Å²) in [5.74, 6) is 0.212. The highest BCUT2D eigenvalue weighted by Crippen LogP contribution is 2.25. The van der Waals surface area contributed by atoms with Crippen LogP contribution >= 0.6 is 0 Å². The molecule has 0 bridgehead atoms. The summed E-state index contributed by atoms with van der Waals surface area (Å²) >= 11 is 0. The Labute approximate surface area is 182 Å². The van der Waals surface area contributed by atoms with Crippen LogP contribution in [0.4, 0.5) is 16.3 Å². The highest BCUT2D eigenvalue weighted by atomic mass is 32.2. The fraction of sp³-hybridized carbons (Fsp3) is 0.550. The molecule has 0 saturated carbocycles. The molecule has 0 aliphatic heterocycles. The van der Waals surface area contributed by atoms with Gasteiger partial charge in [0.1, 0.15) is 5.82 Å². The summed E-state index contributed by atoms with van der Waals surface area (Å²) in [5.41, 5.74) is 0.721. The van der Waals surface area contributed by atoms with Crippen LogP contribution in [0.2, 0.25) is 0 Å². The quantitative estimate of drug-likeness (QED) is 0.472. The second kappa shape index (κ2) is 10.7. The van der Waals surface area contributed by atoms with E-state index in [1.54, 1.807) is 12.1 Å². The van der Waals surface area contributed by atoms with Gasteiger partial charge in [-0.2, -0.15) is 15.0 Å². The first-order valence-corrected chi connectivity index (χ1v) is 11.8. The molecule has 2 atom stereocenters. The number of sulfonamides is 1. The fourth-order valence-corrected chi connectivity index (χ4v) is 3.52. The van der Waals surface area contributed by atoms with E-state index >= 15 is 0 Å². The third kappa shape index (κ3) is 7.91. The van der Waals surface area contributed by atoms with Gasteiger partial charge in [-0.3, -0.25) is 4.72 Å². The van der Waals surface area contributed by atoms with Crippen molar-refractivity contribution in [2.75, 3.05) is 30.0 Å². The predicted octanol–water partition coefficient (Wildman–Crippen LogP) is 2.56. The summed E-state index contributed by atoms with van der Waals surface area (Å²) < 4.78 is 44.6. The van der Waals surface area contributed by atoms with Gasteiger partial charge in [0.15, 0.2) is 11.6 Å². The van der Waals surface area contributed by atoms with E-state index in [1.807, 2.05) is 20.8 Å². The van der Waals surface area contributed by atoms with Crippen LogP contribution in [0.3, 0.4) is 0 Å². The van der Waals surface area contributed by atoms with E-state index in [-0.39, 0.29) is 36.2 Å². The standard InChI is InChI=1S/C20H30FN5O4S/c1-12(2)8-15(11-27)22-19-23-18(24-20(25-19)26-31(5,28)29)9-13(3)14-6-7-17(30-4)16(21)10-14/h6-7,10,12-13,15,27H,8-9,11H2,1-5H3,(H2,22,23,24,25,26). The number of methoxy groups -OCH3 is 1. The van der Waals surface area contributed by atoms with Crippen LogP contribution in [0.5, 0.6) is 5.75 Å². The van der Waals surface area contributed by atoms with Crippen molar-refractivity contribution in [2.24, 2.45) is 5.92 Å². The van der Waals surface area contributed by atoms with E-state index in [0.717, 1.165) is 11.8 Å². The molecular formula is C20H30FN5O4S. The van der Waals surface area contributed by atoms with Crippen molar-refractivity contribution >= 4 is 21.9 Å². The zero-order valence-corrected chi connectivity index (χ0v) is 19.2. The van der Waals surface area contributed by atoms with E-state index < -0.39 is 15.8 Å². The third-order valence-corrected chi connectivity index (χ3v) is 5.05. The molecule has 0 saturated heterocycles. The maximum absolute atomic E-state index is 14.1. The van der Waals surface area contributed by atoms with Crippen molar-refractivity contribution in [1.82, 2.24) is 15.0 Å². The molecule has 2 unspecified atom stereocenters. The second-order valence-electron chi connectivity index (χ2n) is 7.93. The molecule has 0 aliphatic carbocycles. The van der Waals surface area contributed by atoms with E-state index in [4.69, 9.17) is 4.74 Å². The van der Waals surface area contributed by atoms with Crippen LogP contribution in [-0.2, 0) is 16.4 Å².